The smallest absolute Gasteiger partial charge is 0.261 e. The SMILES string of the molecule is CCN(CC)C(CNC(=O)c1cccs1)c1ccccc1. The average Bonchev–Trinajstić information content (AvgIpc) is 3.06. The Balaban J connectivity index is 2.08. The number of nitrogens with zero attached hydrogens (tertiary/aromatic N) is 1. The van der Waals surface area contributed by atoms with E-state index < -0.39 is 0 Å². The standard InChI is InChI=1S/C17H22N2OS/c1-3-19(4-2)15(14-9-6-5-7-10-14)13-18-17(20)16-11-8-12-21-16/h5-12,15H,3-4,13H2,1-2H3,(H,18,20). The third kappa shape index (κ3) is 4.16. The Morgan fingerprint density at radius 1 is 1.14 bits per heavy atom. The third-order valence-electron chi connectivity index (χ3n) is 3.64. The van der Waals surface area contributed by atoms with Gasteiger partial charge in [0.15, 0.2) is 0 Å². The minimum Gasteiger partial charge on any atom is -0.349 e. The van der Waals surface area contributed by atoms with Gasteiger partial charge in [0.25, 0.3) is 5.91 Å². The summed E-state index contributed by atoms with van der Waals surface area (Å²) >= 11 is 1.47. The van der Waals surface area contributed by atoms with Gasteiger partial charge in [0, 0.05) is 6.54 Å². The van der Waals surface area contributed by atoms with Gasteiger partial charge in [-0.25, -0.2) is 0 Å². The Kier molecular flexibility index (Phi) is 5.96. The predicted molar refractivity (Wildman–Crippen MR) is 88.8 cm³/mol. The first-order valence-electron chi connectivity index (χ1n) is 7.37. The number of carbonyl (C=O) groups is 1. The number of amides is 1. The van der Waals surface area contributed by atoms with E-state index in [-0.39, 0.29) is 11.9 Å². The Hall–Kier alpha value is -1.65. The Labute approximate surface area is 130 Å². The van der Waals surface area contributed by atoms with Crippen LogP contribution < -0.4 is 5.32 Å². The molecule has 112 valence electrons. The molecule has 2 aromatic rings. The van der Waals surface area contributed by atoms with E-state index in [0.717, 1.165) is 18.0 Å². The monoisotopic (exact) mass is 302 g/mol. The predicted octanol–water partition coefficient (Wildman–Crippen LogP) is 3.56. The molecule has 1 unspecified atom stereocenters. The van der Waals surface area contributed by atoms with Crippen molar-refractivity contribution in [2.45, 2.75) is 19.9 Å². The van der Waals surface area contributed by atoms with Gasteiger partial charge in [-0.3, -0.25) is 9.69 Å². The van der Waals surface area contributed by atoms with Crippen LogP contribution >= 0.6 is 11.3 Å². The van der Waals surface area contributed by atoms with Gasteiger partial charge < -0.3 is 5.32 Å². The van der Waals surface area contributed by atoms with Crippen molar-refractivity contribution in [3.63, 3.8) is 0 Å². The molecule has 1 amide bonds. The van der Waals surface area contributed by atoms with Gasteiger partial charge in [0.1, 0.15) is 0 Å². The fraction of sp³-hybridized carbons (Fsp3) is 0.353. The molecule has 1 aromatic heterocycles. The Bertz CT molecular complexity index is 535. The first kappa shape index (κ1) is 15.7. The van der Waals surface area contributed by atoms with Crippen molar-refractivity contribution in [1.29, 1.82) is 0 Å². The van der Waals surface area contributed by atoms with E-state index in [1.54, 1.807) is 0 Å². The van der Waals surface area contributed by atoms with Crippen LogP contribution in [0, 0.1) is 0 Å². The van der Waals surface area contributed by atoms with E-state index >= 15 is 0 Å². The number of hydrogen-bond donors (Lipinski definition) is 1. The maximum absolute atomic E-state index is 12.1. The van der Waals surface area contributed by atoms with Crippen LogP contribution in [0.2, 0.25) is 0 Å². The molecule has 0 aliphatic carbocycles. The first-order valence-corrected chi connectivity index (χ1v) is 8.24. The molecule has 1 heterocycles. The average molecular weight is 302 g/mol. The largest absolute Gasteiger partial charge is 0.349 e. The number of likely N-dealkylation sites (N-methyl/N-ethyl adjacent to an activating group) is 1. The number of benzene rings is 1. The third-order valence-corrected chi connectivity index (χ3v) is 4.51. The summed E-state index contributed by atoms with van der Waals surface area (Å²) in [6, 6.07) is 14.3. The van der Waals surface area contributed by atoms with E-state index in [9.17, 15) is 4.79 Å². The molecule has 0 saturated carbocycles. The summed E-state index contributed by atoms with van der Waals surface area (Å²) in [4.78, 5) is 15.3. The highest BCUT2D eigenvalue weighted by Crippen LogP contribution is 2.19. The van der Waals surface area contributed by atoms with Crippen LogP contribution in [0.25, 0.3) is 0 Å². The molecule has 0 spiro atoms. The molecule has 2 rings (SSSR count). The van der Waals surface area contributed by atoms with Crippen LogP contribution in [-0.2, 0) is 0 Å². The fourth-order valence-electron chi connectivity index (χ4n) is 2.48. The van der Waals surface area contributed by atoms with E-state index in [0.29, 0.717) is 6.54 Å². The molecular weight excluding hydrogens is 280 g/mol. The number of hydrogen-bond acceptors (Lipinski definition) is 3. The second-order valence-corrected chi connectivity index (χ2v) is 5.78. The lowest BCUT2D eigenvalue weighted by Gasteiger charge is -2.30. The van der Waals surface area contributed by atoms with Gasteiger partial charge >= 0.3 is 0 Å². The highest BCUT2D eigenvalue weighted by molar-refractivity contribution is 7.12. The van der Waals surface area contributed by atoms with Gasteiger partial charge in [-0.1, -0.05) is 50.2 Å². The van der Waals surface area contributed by atoms with Crippen LogP contribution in [0.3, 0.4) is 0 Å². The lowest BCUT2D eigenvalue weighted by atomic mass is 10.1. The fourth-order valence-corrected chi connectivity index (χ4v) is 3.12. The maximum Gasteiger partial charge on any atom is 0.261 e. The Morgan fingerprint density at radius 3 is 2.43 bits per heavy atom. The lowest BCUT2D eigenvalue weighted by Crippen LogP contribution is -2.37. The zero-order valence-corrected chi connectivity index (χ0v) is 13.4. The maximum atomic E-state index is 12.1. The molecule has 1 N–H and O–H groups in total. The van der Waals surface area contributed by atoms with Gasteiger partial charge in [0.2, 0.25) is 0 Å². The quantitative estimate of drug-likeness (QED) is 0.848. The van der Waals surface area contributed by atoms with Crippen LogP contribution in [0.15, 0.2) is 47.8 Å². The molecule has 21 heavy (non-hydrogen) atoms. The van der Waals surface area contributed by atoms with Crippen molar-refractivity contribution in [3.8, 4) is 0 Å². The number of rotatable bonds is 7. The minimum atomic E-state index is 0.0121. The van der Waals surface area contributed by atoms with E-state index in [2.05, 4.69) is 36.2 Å². The summed E-state index contributed by atoms with van der Waals surface area (Å²) in [5.41, 5.74) is 1.24. The molecule has 4 heteroatoms. The summed E-state index contributed by atoms with van der Waals surface area (Å²) in [5.74, 6) is 0.0121. The first-order chi connectivity index (χ1) is 10.3. The molecule has 1 aromatic carbocycles. The summed E-state index contributed by atoms with van der Waals surface area (Å²) in [6.45, 7) is 6.86. The zero-order valence-electron chi connectivity index (χ0n) is 12.6. The van der Waals surface area contributed by atoms with Crippen molar-refractivity contribution in [3.05, 3.63) is 58.3 Å². The lowest BCUT2D eigenvalue weighted by molar-refractivity contribution is 0.0939. The molecule has 0 bridgehead atoms. The second-order valence-electron chi connectivity index (χ2n) is 4.84. The summed E-state index contributed by atoms with van der Waals surface area (Å²) in [5, 5.41) is 4.99. The Morgan fingerprint density at radius 2 is 1.86 bits per heavy atom. The molecule has 3 nitrogen and oxygen atoms in total. The van der Waals surface area contributed by atoms with Crippen LogP contribution in [0.5, 0.6) is 0 Å². The number of thiophene rings is 1. The molecule has 0 saturated heterocycles. The highest BCUT2D eigenvalue weighted by Gasteiger charge is 2.19. The summed E-state index contributed by atoms with van der Waals surface area (Å²) in [7, 11) is 0. The van der Waals surface area contributed by atoms with Gasteiger partial charge in [0.05, 0.1) is 10.9 Å². The zero-order chi connectivity index (χ0) is 15.1. The van der Waals surface area contributed by atoms with Crippen LogP contribution in [0.1, 0.15) is 35.1 Å². The van der Waals surface area contributed by atoms with Crippen molar-refractivity contribution in [2.75, 3.05) is 19.6 Å². The molecule has 0 aliphatic heterocycles. The van der Waals surface area contributed by atoms with Gasteiger partial charge in [-0.05, 0) is 30.1 Å². The van der Waals surface area contributed by atoms with Crippen LogP contribution in [-0.4, -0.2) is 30.4 Å². The molecule has 1 atom stereocenters. The number of carbonyl (C=O) groups excluding carboxylic acids is 1. The van der Waals surface area contributed by atoms with E-state index in [1.807, 2.05) is 35.7 Å². The normalized spacial score (nSPS) is 12.3. The van der Waals surface area contributed by atoms with Crippen molar-refractivity contribution >= 4 is 17.2 Å². The molecule has 0 aliphatic rings. The van der Waals surface area contributed by atoms with Crippen molar-refractivity contribution in [1.82, 2.24) is 10.2 Å². The molecule has 0 fully saturated rings. The summed E-state index contributed by atoms with van der Waals surface area (Å²) in [6.07, 6.45) is 0. The minimum absolute atomic E-state index is 0.0121. The van der Waals surface area contributed by atoms with E-state index in [1.165, 1.54) is 16.9 Å². The molecule has 0 radical (unpaired) electrons. The van der Waals surface area contributed by atoms with Crippen molar-refractivity contribution in [2.24, 2.45) is 0 Å². The van der Waals surface area contributed by atoms with Gasteiger partial charge in [-0.2, -0.15) is 0 Å². The topological polar surface area (TPSA) is 32.3 Å². The highest BCUT2D eigenvalue weighted by atomic mass is 32.1. The molecular formula is C17H22N2OS. The van der Waals surface area contributed by atoms with E-state index in [4.69, 9.17) is 0 Å². The second kappa shape index (κ2) is 7.96. The van der Waals surface area contributed by atoms with Crippen LogP contribution in [0.4, 0.5) is 0 Å². The summed E-state index contributed by atoms with van der Waals surface area (Å²) < 4.78 is 0. The number of nitrogens with one attached hydrogen (secondary N) is 1. The van der Waals surface area contributed by atoms with Gasteiger partial charge in [-0.15, -0.1) is 11.3 Å². The van der Waals surface area contributed by atoms with Crippen molar-refractivity contribution < 1.29 is 4.79 Å².